The average molecular weight is 320 g/mol. The van der Waals surface area contributed by atoms with E-state index in [0.29, 0.717) is 0 Å². The summed E-state index contributed by atoms with van der Waals surface area (Å²) in [6.07, 6.45) is 17.2. The number of rotatable bonds is 4. The Morgan fingerprint density at radius 2 is 1.33 bits per heavy atom. The molecule has 0 heterocycles. The van der Waals surface area contributed by atoms with Crippen LogP contribution in [0.5, 0.6) is 0 Å². The number of benzene rings is 1. The summed E-state index contributed by atoms with van der Waals surface area (Å²) in [5.74, 6) is 0. The third-order valence-corrected chi connectivity index (χ3v) is 9.80. The van der Waals surface area contributed by atoms with Crippen LogP contribution in [0, 0.1) is 0 Å². The van der Waals surface area contributed by atoms with E-state index >= 15 is 0 Å². The highest BCUT2D eigenvalue weighted by Gasteiger charge is 2.33. The van der Waals surface area contributed by atoms with E-state index in [1.807, 2.05) is 11.8 Å². The van der Waals surface area contributed by atoms with Gasteiger partial charge < -0.3 is 0 Å². The molecule has 0 amide bonds. The Kier molecular flexibility index (Phi) is 6.07. The van der Waals surface area contributed by atoms with Gasteiger partial charge in [0, 0.05) is 4.90 Å². The molecule has 2 saturated carbocycles. The zero-order valence-electron chi connectivity index (χ0n) is 13.4. The molecule has 3 rings (SSSR count). The van der Waals surface area contributed by atoms with Crippen molar-refractivity contribution in [1.82, 2.24) is 0 Å². The van der Waals surface area contributed by atoms with Crippen LogP contribution in [0.15, 0.2) is 29.2 Å². The quantitative estimate of drug-likeness (QED) is 0.471. The molecule has 0 aromatic heterocycles. The molecular weight excluding hydrogens is 291 g/mol. The fourth-order valence-electron chi connectivity index (χ4n) is 4.25. The second kappa shape index (κ2) is 8.02. The van der Waals surface area contributed by atoms with Crippen molar-refractivity contribution in [2.75, 3.05) is 6.26 Å². The van der Waals surface area contributed by atoms with Gasteiger partial charge in [0.25, 0.3) is 0 Å². The van der Waals surface area contributed by atoms with Crippen molar-refractivity contribution in [1.29, 1.82) is 0 Å². The van der Waals surface area contributed by atoms with Gasteiger partial charge in [0.2, 0.25) is 0 Å². The van der Waals surface area contributed by atoms with Gasteiger partial charge in [-0.3, -0.25) is 0 Å². The second-order valence-electron chi connectivity index (χ2n) is 6.66. The maximum absolute atomic E-state index is 2.47. The molecule has 1 aromatic carbocycles. The van der Waals surface area contributed by atoms with Crippen molar-refractivity contribution in [3.8, 4) is 0 Å². The zero-order valence-corrected chi connectivity index (χ0v) is 15.1. The SMILES string of the molecule is CSc1ccccc1P(C1CCCCC1)C1CCCCC1. The summed E-state index contributed by atoms with van der Waals surface area (Å²) in [6.45, 7) is 0. The highest BCUT2D eigenvalue weighted by atomic mass is 32.2. The van der Waals surface area contributed by atoms with E-state index in [2.05, 4.69) is 30.5 Å². The predicted octanol–water partition coefficient (Wildman–Crippen LogP) is 6.18. The van der Waals surface area contributed by atoms with Crippen LogP contribution >= 0.6 is 19.7 Å². The van der Waals surface area contributed by atoms with E-state index in [1.54, 1.807) is 10.2 Å². The summed E-state index contributed by atoms with van der Waals surface area (Å²) in [7, 11) is 0.0604. The van der Waals surface area contributed by atoms with Crippen LogP contribution in [0.25, 0.3) is 0 Å². The van der Waals surface area contributed by atoms with E-state index in [-0.39, 0.29) is 7.92 Å². The Morgan fingerprint density at radius 1 is 0.810 bits per heavy atom. The Bertz CT molecular complexity index is 415. The van der Waals surface area contributed by atoms with E-state index in [4.69, 9.17) is 0 Å². The van der Waals surface area contributed by atoms with Crippen molar-refractivity contribution in [2.45, 2.75) is 80.4 Å². The van der Waals surface area contributed by atoms with Crippen molar-refractivity contribution in [3.63, 3.8) is 0 Å². The lowest BCUT2D eigenvalue weighted by atomic mass is 9.99. The first-order chi connectivity index (χ1) is 10.4. The van der Waals surface area contributed by atoms with Crippen LogP contribution < -0.4 is 5.30 Å². The average Bonchev–Trinajstić information content (AvgIpc) is 2.58. The lowest BCUT2D eigenvalue weighted by Crippen LogP contribution is -2.27. The molecule has 0 atom stereocenters. The first-order valence-corrected chi connectivity index (χ1v) is 11.5. The summed E-state index contributed by atoms with van der Waals surface area (Å²) in [6, 6.07) is 9.35. The maximum atomic E-state index is 2.47. The normalized spacial score (nSPS) is 21.8. The predicted molar refractivity (Wildman–Crippen MR) is 98.5 cm³/mol. The maximum Gasteiger partial charge on any atom is 0.0146 e. The molecular formula is C19H29PS. The molecule has 0 aliphatic heterocycles. The minimum absolute atomic E-state index is 0.0604. The Balaban J connectivity index is 1.89. The molecule has 1 aromatic rings. The van der Waals surface area contributed by atoms with Crippen LogP contribution in [-0.2, 0) is 0 Å². The summed E-state index contributed by atoms with van der Waals surface area (Å²) in [4.78, 5) is 1.57. The summed E-state index contributed by atoms with van der Waals surface area (Å²) < 4.78 is 0. The van der Waals surface area contributed by atoms with Gasteiger partial charge in [-0.1, -0.05) is 64.6 Å². The minimum Gasteiger partial charge on any atom is -0.129 e. The first kappa shape index (κ1) is 15.9. The largest absolute Gasteiger partial charge is 0.129 e. The number of thioether (sulfide) groups is 1. The second-order valence-corrected chi connectivity index (χ2v) is 10.3. The third-order valence-electron chi connectivity index (χ3n) is 5.30. The lowest BCUT2D eigenvalue weighted by Gasteiger charge is -2.39. The van der Waals surface area contributed by atoms with E-state index in [1.165, 1.54) is 64.2 Å². The fraction of sp³-hybridized carbons (Fsp3) is 0.684. The number of hydrogen-bond donors (Lipinski definition) is 0. The Hall–Kier alpha value is -0.0000000000000000555. The fourth-order valence-corrected chi connectivity index (χ4v) is 9.15. The van der Waals surface area contributed by atoms with Crippen molar-refractivity contribution < 1.29 is 0 Å². The topological polar surface area (TPSA) is 0 Å². The molecule has 0 radical (unpaired) electrons. The first-order valence-electron chi connectivity index (χ1n) is 8.81. The molecule has 0 bridgehead atoms. The lowest BCUT2D eigenvalue weighted by molar-refractivity contribution is 0.487. The monoisotopic (exact) mass is 320 g/mol. The molecule has 21 heavy (non-hydrogen) atoms. The molecule has 2 fully saturated rings. The van der Waals surface area contributed by atoms with E-state index in [0.717, 1.165) is 11.3 Å². The van der Waals surface area contributed by atoms with Crippen molar-refractivity contribution in [3.05, 3.63) is 24.3 Å². The minimum atomic E-state index is 0.0604. The van der Waals surface area contributed by atoms with Crippen LogP contribution in [0.3, 0.4) is 0 Å². The highest BCUT2D eigenvalue weighted by Crippen LogP contribution is 2.55. The molecule has 2 aliphatic rings. The summed E-state index contributed by atoms with van der Waals surface area (Å²) >= 11 is 1.97. The standard InChI is InChI=1S/C19H29PS/c1-21-19-15-9-8-14-18(19)20(16-10-4-2-5-11-16)17-12-6-3-7-13-17/h8-9,14-17H,2-7,10-13H2,1H3. The van der Waals surface area contributed by atoms with Crippen molar-refractivity contribution >= 4 is 25.0 Å². The molecule has 2 aliphatic carbocycles. The molecule has 2 heteroatoms. The molecule has 0 nitrogen and oxygen atoms in total. The zero-order chi connectivity index (χ0) is 14.5. The van der Waals surface area contributed by atoms with Crippen LogP contribution in [-0.4, -0.2) is 17.6 Å². The Morgan fingerprint density at radius 3 is 1.86 bits per heavy atom. The van der Waals surface area contributed by atoms with Crippen LogP contribution in [0.1, 0.15) is 64.2 Å². The molecule has 0 saturated heterocycles. The number of hydrogen-bond acceptors (Lipinski definition) is 1. The van der Waals surface area contributed by atoms with Crippen LogP contribution in [0.2, 0.25) is 0 Å². The van der Waals surface area contributed by atoms with Gasteiger partial charge in [-0.15, -0.1) is 11.8 Å². The summed E-state index contributed by atoms with van der Waals surface area (Å²) in [5, 5.41) is 1.75. The van der Waals surface area contributed by atoms with Gasteiger partial charge >= 0.3 is 0 Å². The molecule has 0 N–H and O–H groups in total. The van der Waals surface area contributed by atoms with Gasteiger partial charge in [0.05, 0.1) is 0 Å². The molecule has 116 valence electrons. The van der Waals surface area contributed by atoms with Gasteiger partial charge in [-0.25, -0.2) is 0 Å². The molecule has 0 unspecified atom stereocenters. The summed E-state index contributed by atoms with van der Waals surface area (Å²) in [5.41, 5.74) is 2.04. The Labute approximate surface area is 136 Å². The third kappa shape index (κ3) is 3.85. The van der Waals surface area contributed by atoms with Gasteiger partial charge in [0.1, 0.15) is 0 Å². The smallest absolute Gasteiger partial charge is 0.0146 e. The van der Waals surface area contributed by atoms with Gasteiger partial charge in [-0.05, 0) is 54.6 Å². The van der Waals surface area contributed by atoms with Crippen molar-refractivity contribution in [2.24, 2.45) is 0 Å². The molecule has 0 spiro atoms. The van der Waals surface area contributed by atoms with Gasteiger partial charge in [0.15, 0.2) is 0 Å². The van der Waals surface area contributed by atoms with E-state index < -0.39 is 0 Å². The van der Waals surface area contributed by atoms with E-state index in [9.17, 15) is 0 Å². The van der Waals surface area contributed by atoms with Gasteiger partial charge in [-0.2, -0.15) is 0 Å². The highest BCUT2D eigenvalue weighted by molar-refractivity contribution is 7.99. The van der Waals surface area contributed by atoms with Crippen LogP contribution in [0.4, 0.5) is 0 Å².